The molecule has 3 fully saturated rings. The maximum atomic E-state index is 10.5. The van der Waals surface area contributed by atoms with Crippen molar-refractivity contribution >= 4 is 41.4 Å². The zero-order valence-corrected chi connectivity index (χ0v) is 39.6. The summed E-state index contributed by atoms with van der Waals surface area (Å²) < 4.78 is 0. The van der Waals surface area contributed by atoms with Crippen LogP contribution in [0.4, 0.5) is 0 Å². The summed E-state index contributed by atoms with van der Waals surface area (Å²) >= 11 is 0. The van der Waals surface area contributed by atoms with E-state index in [-0.39, 0.29) is 238 Å². The van der Waals surface area contributed by atoms with Gasteiger partial charge in [-0.25, -0.2) is 0 Å². The van der Waals surface area contributed by atoms with Gasteiger partial charge in [0.1, 0.15) is 0 Å². The molecular weight excluding hydrogens is 942 g/mol. The molecule has 0 aromatic heterocycles. The van der Waals surface area contributed by atoms with Crippen LogP contribution in [0.2, 0.25) is 0 Å². The van der Waals surface area contributed by atoms with Gasteiger partial charge in [0.15, 0.2) is 0 Å². The van der Waals surface area contributed by atoms with Crippen molar-refractivity contribution in [2.75, 3.05) is 35.2 Å². The first kappa shape index (κ1) is 56.3. The van der Waals surface area contributed by atoms with Crippen LogP contribution in [0.3, 0.4) is 0 Å². The molecule has 0 spiro atoms. The Morgan fingerprint density at radius 1 is 0.541 bits per heavy atom. The molecule has 0 aromatic carbocycles. The SMILES string of the molecule is CCC(=O)N(C)C.CN1C(=O)CCC1=O.CN1C(=O)CCC1=O.CN1C(=O)CCC1=O.[Y].[Y].[Y].[Y].[Y].[Y]. The quantitative estimate of drug-likeness (QED) is 0.332. The van der Waals surface area contributed by atoms with E-state index in [9.17, 15) is 33.6 Å². The third-order valence-electron chi connectivity index (χ3n) is 4.70. The van der Waals surface area contributed by atoms with E-state index >= 15 is 0 Å². The van der Waals surface area contributed by atoms with Gasteiger partial charge >= 0.3 is 0 Å². The van der Waals surface area contributed by atoms with E-state index in [1.807, 2.05) is 6.92 Å². The fourth-order valence-electron chi connectivity index (χ4n) is 2.38. The number of rotatable bonds is 1. The third-order valence-corrected chi connectivity index (χ3v) is 4.70. The van der Waals surface area contributed by atoms with Gasteiger partial charge in [0.25, 0.3) is 0 Å². The zero-order valence-electron chi connectivity index (χ0n) is 22.6. The first-order valence-electron chi connectivity index (χ1n) is 9.91. The van der Waals surface area contributed by atoms with Crippen molar-refractivity contribution in [1.82, 2.24) is 19.6 Å². The van der Waals surface area contributed by atoms with E-state index < -0.39 is 0 Å². The Labute approximate surface area is 370 Å². The van der Waals surface area contributed by atoms with Gasteiger partial charge in [0.2, 0.25) is 41.4 Å². The average Bonchev–Trinajstić information content (AvgIpc) is 3.32. The van der Waals surface area contributed by atoms with Crippen molar-refractivity contribution in [3.63, 3.8) is 0 Å². The van der Waals surface area contributed by atoms with E-state index in [0.717, 1.165) is 0 Å². The van der Waals surface area contributed by atoms with Crippen LogP contribution in [0, 0.1) is 0 Å². The van der Waals surface area contributed by atoms with Gasteiger partial charge in [-0.15, -0.1) is 0 Å². The molecule has 0 aromatic rings. The van der Waals surface area contributed by atoms with Crippen LogP contribution in [0.1, 0.15) is 51.9 Å². The van der Waals surface area contributed by atoms with Crippen LogP contribution in [-0.4, -0.2) is 96.2 Å². The second kappa shape index (κ2) is 31.0. The molecule has 0 unspecified atom stereocenters. The number of likely N-dealkylation sites (tertiary alicyclic amines) is 3. The van der Waals surface area contributed by atoms with E-state index in [4.69, 9.17) is 0 Å². The number of amides is 7. The van der Waals surface area contributed by atoms with Crippen molar-refractivity contribution in [3.05, 3.63) is 0 Å². The Hall–Kier alpha value is 3.51. The average molecular weight is 974 g/mol. The Balaban J connectivity index is -0.0000000617. The molecule has 0 N–H and O–H groups in total. The monoisotopic (exact) mass is 974 g/mol. The molecule has 11 nitrogen and oxygen atoms in total. The molecule has 3 heterocycles. The van der Waals surface area contributed by atoms with Crippen LogP contribution in [-0.2, 0) is 230 Å². The predicted octanol–water partition coefficient (Wildman–Crippen LogP) is -0.235. The summed E-state index contributed by atoms with van der Waals surface area (Å²) in [5.74, 6) is -0.181. The summed E-state index contributed by atoms with van der Waals surface area (Å²) in [6, 6.07) is 0. The van der Waals surface area contributed by atoms with Crippen molar-refractivity contribution in [3.8, 4) is 0 Å². The molecule has 6 radical (unpaired) electrons. The Morgan fingerprint density at radius 3 is 0.730 bits per heavy atom. The molecule has 3 saturated heterocycles. The van der Waals surface area contributed by atoms with E-state index in [2.05, 4.69) is 0 Å². The fraction of sp³-hybridized carbons (Fsp3) is 0.650. The summed E-state index contributed by atoms with van der Waals surface area (Å²) in [6.45, 7) is 1.85. The molecule has 0 bridgehead atoms. The Morgan fingerprint density at radius 2 is 0.703 bits per heavy atom. The summed E-state index contributed by atoms with van der Waals surface area (Å²) in [5, 5.41) is 0. The van der Waals surface area contributed by atoms with Gasteiger partial charge < -0.3 is 4.90 Å². The predicted molar refractivity (Wildman–Crippen MR) is 110 cm³/mol. The second-order valence-corrected chi connectivity index (χ2v) is 7.18. The van der Waals surface area contributed by atoms with Gasteiger partial charge in [0, 0.05) is 276 Å². The molecular formula is C20H32N4O7Y6. The van der Waals surface area contributed by atoms with E-state index in [1.54, 1.807) is 19.0 Å². The minimum atomic E-state index is -0.0602. The molecule has 3 rings (SSSR count). The molecule has 192 valence electrons. The number of nitrogens with zero attached hydrogens (tertiary/aromatic N) is 4. The molecule has 17 heteroatoms. The number of hydrogen-bond acceptors (Lipinski definition) is 7. The molecule has 0 saturated carbocycles. The molecule has 37 heavy (non-hydrogen) atoms. The number of hydrogen-bond donors (Lipinski definition) is 0. The van der Waals surface area contributed by atoms with Crippen molar-refractivity contribution in [2.45, 2.75) is 51.9 Å². The van der Waals surface area contributed by atoms with Crippen LogP contribution >= 0.6 is 0 Å². The molecule has 3 aliphatic heterocycles. The maximum Gasteiger partial charge on any atom is 0.229 e. The standard InChI is InChI=1S/3C5H7NO2.C5H11NO.6Y/c3*1-6-4(7)2-3-5(6)8;1-4-5(7)6(2)3;;;;;;/h3*2-3H2,1H3;4H2,1-3H3;;;;;;. The summed E-state index contributed by atoms with van der Waals surface area (Å²) in [4.78, 5) is 78.5. The largest absolute Gasteiger partial charge is 0.349 e. The number of imide groups is 3. The van der Waals surface area contributed by atoms with Crippen molar-refractivity contribution in [1.29, 1.82) is 0 Å². The van der Waals surface area contributed by atoms with Crippen LogP contribution in [0.15, 0.2) is 0 Å². The Kier molecular flexibility index (Phi) is 47.1. The first-order valence-corrected chi connectivity index (χ1v) is 9.91. The van der Waals surface area contributed by atoms with E-state index in [0.29, 0.717) is 44.9 Å². The zero-order chi connectivity index (χ0) is 24.3. The summed E-state index contributed by atoms with van der Waals surface area (Å²) in [6.07, 6.45) is 2.99. The van der Waals surface area contributed by atoms with Crippen molar-refractivity contribution < 1.29 is 230 Å². The molecule has 0 atom stereocenters. The number of carbonyl (C=O) groups is 7. The minimum Gasteiger partial charge on any atom is -0.349 e. The van der Waals surface area contributed by atoms with Gasteiger partial charge in [-0.2, -0.15) is 0 Å². The third kappa shape index (κ3) is 23.6. The maximum absolute atomic E-state index is 10.5. The van der Waals surface area contributed by atoms with Gasteiger partial charge in [-0.3, -0.25) is 48.3 Å². The number of carbonyl (C=O) groups excluding carboxylic acids is 7. The first-order chi connectivity index (χ1) is 14.3. The van der Waals surface area contributed by atoms with Crippen molar-refractivity contribution in [2.24, 2.45) is 0 Å². The minimum absolute atomic E-state index is 0. The smallest absolute Gasteiger partial charge is 0.229 e. The topological polar surface area (TPSA) is 132 Å². The summed E-state index contributed by atoms with van der Waals surface area (Å²) in [5.41, 5.74) is 0. The second-order valence-electron chi connectivity index (χ2n) is 7.18. The molecule has 3 aliphatic rings. The fourth-order valence-corrected chi connectivity index (χ4v) is 2.38. The van der Waals surface area contributed by atoms with Crippen LogP contribution < -0.4 is 0 Å². The van der Waals surface area contributed by atoms with Crippen LogP contribution in [0.25, 0.3) is 0 Å². The van der Waals surface area contributed by atoms with Gasteiger partial charge in [-0.05, 0) is 0 Å². The van der Waals surface area contributed by atoms with E-state index in [1.165, 1.54) is 35.8 Å². The Bertz CT molecular complexity index is 628. The van der Waals surface area contributed by atoms with Crippen LogP contribution in [0.5, 0.6) is 0 Å². The molecule has 0 aliphatic carbocycles. The summed E-state index contributed by atoms with van der Waals surface area (Å²) in [7, 11) is 8.05. The molecule has 7 amide bonds. The van der Waals surface area contributed by atoms with Gasteiger partial charge in [-0.1, -0.05) is 6.92 Å². The normalized spacial score (nSPS) is 14.8. The van der Waals surface area contributed by atoms with Gasteiger partial charge in [0.05, 0.1) is 0 Å².